The smallest absolute Gasteiger partial charge is 0.0729 e. The molecule has 2 nitrogen and oxygen atoms in total. The molecule has 1 aliphatic heterocycles. The highest BCUT2D eigenvalue weighted by Crippen LogP contribution is 2.40. The van der Waals surface area contributed by atoms with Crippen molar-refractivity contribution in [1.29, 1.82) is 0 Å². The zero-order chi connectivity index (χ0) is 14.2. The standard InChI is InChI=1S/C18H27NO/c1-18(2,3)14-9-10-17-15(11-14)19-16(12-20-17)13-7-5-4-6-8-13/h4-8,14-17,19H,9-12H2,1-3H3. The van der Waals surface area contributed by atoms with Crippen LogP contribution in [0.2, 0.25) is 0 Å². The van der Waals surface area contributed by atoms with Crippen LogP contribution in [0.25, 0.3) is 0 Å². The highest BCUT2D eigenvalue weighted by atomic mass is 16.5. The molecular weight excluding hydrogens is 246 g/mol. The summed E-state index contributed by atoms with van der Waals surface area (Å²) < 4.78 is 6.15. The molecule has 1 aromatic carbocycles. The molecule has 0 radical (unpaired) electrons. The largest absolute Gasteiger partial charge is 0.375 e. The minimum absolute atomic E-state index is 0.358. The second kappa shape index (κ2) is 5.50. The first kappa shape index (κ1) is 14.1. The number of hydrogen-bond donors (Lipinski definition) is 1. The molecule has 4 atom stereocenters. The summed E-state index contributed by atoms with van der Waals surface area (Å²) in [6, 6.07) is 11.6. The van der Waals surface area contributed by atoms with Crippen molar-refractivity contribution in [2.75, 3.05) is 6.61 Å². The van der Waals surface area contributed by atoms with E-state index in [2.05, 4.69) is 56.4 Å². The van der Waals surface area contributed by atoms with E-state index >= 15 is 0 Å². The molecule has 1 aromatic rings. The number of rotatable bonds is 1. The topological polar surface area (TPSA) is 21.3 Å². The minimum Gasteiger partial charge on any atom is -0.375 e. The summed E-state index contributed by atoms with van der Waals surface area (Å²) in [4.78, 5) is 0. The van der Waals surface area contributed by atoms with Gasteiger partial charge in [-0.05, 0) is 36.2 Å². The van der Waals surface area contributed by atoms with Gasteiger partial charge in [-0.3, -0.25) is 0 Å². The van der Waals surface area contributed by atoms with Gasteiger partial charge in [-0.1, -0.05) is 51.1 Å². The number of morpholine rings is 1. The van der Waals surface area contributed by atoms with Crippen LogP contribution in [0.1, 0.15) is 51.6 Å². The molecule has 0 bridgehead atoms. The fourth-order valence-electron chi connectivity index (χ4n) is 3.71. The first-order valence-electron chi connectivity index (χ1n) is 7.96. The van der Waals surface area contributed by atoms with Crippen LogP contribution in [0.4, 0.5) is 0 Å². The van der Waals surface area contributed by atoms with Crippen LogP contribution in [0.15, 0.2) is 30.3 Å². The Balaban J connectivity index is 1.69. The third-order valence-electron chi connectivity index (χ3n) is 5.11. The molecule has 0 spiro atoms. The van der Waals surface area contributed by atoms with Gasteiger partial charge >= 0.3 is 0 Å². The summed E-state index contributed by atoms with van der Waals surface area (Å²) >= 11 is 0. The molecule has 2 fully saturated rings. The van der Waals surface area contributed by atoms with E-state index in [1.807, 2.05) is 0 Å². The lowest BCUT2D eigenvalue weighted by Gasteiger charge is -2.46. The van der Waals surface area contributed by atoms with Crippen molar-refractivity contribution in [2.24, 2.45) is 11.3 Å². The molecule has 2 heteroatoms. The molecule has 20 heavy (non-hydrogen) atoms. The van der Waals surface area contributed by atoms with Gasteiger partial charge in [-0.15, -0.1) is 0 Å². The maximum atomic E-state index is 6.15. The Kier molecular flexibility index (Phi) is 3.87. The van der Waals surface area contributed by atoms with E-state index in [1.54, 1.807) is 0 Å². The van der Waals surface area contributed by atoms with E-state index in [-0.39, 0.29) is 0 Å². The Bertz CT molecular complexity index is 436. The predicted octanol–water partition coefficient (Wildman–Crippen LogP) is 3.93. The average molecular weight is 273 g/mol. The van der Waals surface area contributed by atoms with Crippen molar-refractivity contribution < 1.29 is 4.74 Å². The molecule has 110 valence electrons. The minimum atomic E-state index is 0.358. The van der Waals surface area contributed by atoms with E-state index < -0.39 is 0 Å². The van der Waals surface area contributed by atoms with Crippen LogP contribution < -0.4 is 5.32 Å². The van der Waals surface area contributed by atoms with Gasteiger partial charge in [-0.25, -0.2) is 0 Å². The number of nitrogens with one attached hydrogen (secondary N) is 1. The molecule has 1 heterocycles. The third kappa shape index (κ3) is 2.91. The van der Waals surface area contributed by atoms with Crippen molar-refractivity contribution in [3.63, 3.8) is 0 Å². The van der Waals surface area contributed by atoms with Crippen molar-refractivity contribution in [3.05, 3.63) is 35.9 Å². The van der Waals surface area contributed by atoms with Crippen molar-refractivity contribution in [3.8, 4) is 0 Å². The van der Waals surface area contributed by atoms with Crippen molar-refractivity contribution >= 4 is 0 Å². The Morgan fingerprint density at radius 2 is 1.85 bits per heavy atom. The van der Waals surface area contributed by atoms with Gasteiger partial charge in [-0.2, -0.15) is 0 Å². The molecule has 4 unspecified atom stereocenters. The monoisotopic (exact) mass is 273 g/mol. The second-order valence-electron chi connectivity index (χ2n) is 7.48. The molecule has 0 amide bonds. The molecule has 1 saturated carbocycles. The molecule has 1 saturated heterocycles. The normalized spacial score (nSPS) is 34.5. The Hall–Kier alpha value is -0.860. The van der Waals surface area contributed by atoms with E-state index in [0.717, 1.165) is 12.5 Å². The van der Waals surface area contributed by atoms with E-state index in [9.17, 15) is 0 Å². The Labute approximate surface area is 122 Å². The van der Waals surface area contributed by atoms with E-state index in [1.165, 1.54) is 24.8 Å². The first-order valence-corrected chi connectivity index (χ1v) is 7.96. The zero-order valence-electron chi connectivity index (χ0n) is 12.9. The van der Waals surface area contributed by atoms with Crippen molar-refractivity contribution in [2.45, 2.75) is 58.2 Å². The van der Waals surface area contributed by atoms with E-state index in [0.29, 0.717) is 23.6 Å². The quantitative estimate of drug-likeness (QED) is 0.837. The maximum absolute atomic E-state index is 6.15. The lowest BCUT2D eigenvalue weighted by molar-refractivity contribution is -0.0656. The molecule has 3 rings (SSSR count). The van der Waals surface area contributed by atoms with Gasteiger partial charge in [0.15, 0.2) is 0 Å². The van der Waals surface area contributed by atoms with Crippen LogP contribution in [-0.2, 0) is 4.74 Å². The summed E-state index contributed by atoms with van der Waals surface area (Å²) in [6.07, 6.45) is 4.19. The number of fused-ring (bicyclic) bond motifs is 1. The fourth-order valence-corrected chi connectivity index (χ4v) is 3.71. The van der Waals surface area contributed by atoms with Crippen molar-refractivity contribution in [1.82, 2.24) is 5.32 Å². The lowest BCUT2D eigenvalue weighted by Crippen LogP contribution is -2.53. The molecule has 2 aliphatic rings. The van der Waals surface area contributed by atoms with Gasteiger partial charge in [0.2, 0.25) is 0 Å². The van der Waals surface area contributed by atoms with Gasteiger partial charge in [0.05, 0.1) is 18.8 Å². The highest BCUT2D eigenvalue weighted by Gasteiger charge is 2.39. The first-order chi connectivity index (χ1) is 9.54. The summed E-state index contributed by atoms with van der Waals surface area (Å²) in [5, 5.41) is 3.85. The van der Waals surface area contributed by atoms with Crippen LogP contribution in [-0.4, -0.2) is 18.8 Å². The Morgan fingerprint density at radius 3 is 2.55 bits per heavy atom. The van der Waals surface area contributed by atoms with Crippen LogP contribution in [0, 0.1) is 11.3 Å². The van der Waals surface area contributed by atoms with Crippen LogP contribution in [0.5, 0.6) is 0 Å². The molecule has 1 N–H and O–H groups in total. The van der Waals surface area contributed by atoms with Gasteiger partial charge < -0.3 is 10.1 Å². The molecular formula is C18H27NO. The zero-order valence-corrected chi connectivity index (χ0v) is 12.9. The van der Waals surface area contributed by atoms with E-state index in [4.69, 9.17) is 4.74 Å². The lowest BCUT2D eigenvalue weighted by atomic mass is 9.69. The van der Waals surface area contributed by atoms with Crippen LogP contribution in [0.3, 0.4) is 0 Å². The number of hydrogen-bond acceptors (Lipinski definition) is 2. The third-order valence-corrected chi connectivity index (χ3v) is 5.11. The summed E-state index contributed by atoms with van der Waals surface area (Å²) in [7, 11) is 0. The average Bonchev–Trinajstić information content (AvgIpc) is 2.46. The summed E-state index contributed by atoms with van der Waals surface area (Å²) in [5.41, 5.74) is 1.76. The predicted molar refractivity (Wildman–Crippen MR) is 82.6 cm³/mol. The highest BCUT2D eigenvalue weighted by molar-refractivity contribution is 5.20. The SMILES string of the molecule is CC(C)(C)C1CCC2OCC(c3ccccc3)NC2C1. The second-order valence-corrected chi connectivity index (χ2v) is 7.48. The maximum Gasteiger partial charge on any atom is 0.0729 e. The van der Waals surface area contributed by atoms with Gasteiger partial charge in [0.25, 0.3) is 0 Å². The fraction of sp³-hybridized carbons (Fsp3) is 0.667. The number of ether oxygens (including phenoxy) is 1. The number of benzene rings is 1. The molecule has 1 aliphatic carbocycles. The Morgan fingerprint density at radius 1 is 1.10 bits per heavy atom. The summed E-state index contributed by atoms with van der Waals surface area (Å²) in [6.45, 7) is 7.93. The summed E-state index contributed by atoms with van der Waals surface area (Å²) in [5.74, 6) is 0.800. The van der Waals surface area contributed by atoms with Crippen LogP contribution >= 0.6 is 0 Å². The van der Waals surface area contributed by atoms with Gasteiger partial charge in [0, 0.05) is 6.04 Å². The van der Waals surface area contributed by atoms with Gasteiger partial charge in [0.1, 0.15) is 0 Å². The molecule has 0 aromatic heterocycles.